The second kappa shape index (κ2) is 7.61. The Morgan fingerprint density at radius 1 is 1.24 bits per heavy atom. The second-order valence-electron chi connectivity index (χ2n) is 6.28. The van der Waals surface area contributed by atoms with Gasteiger partial charge in [-0.2, -0.15) is 0 Å². The molecule has 1 fully saturated rings. The zero-order valence-corrected chi connectivity index (χ0v) is 14.8. The largest absolute Gasteiger partial charge is 0.371 e. The van der Waals surface area contributed by atoms with E-state index in [1.807, 2.05) is 24.3 Å². The molecule has 1 aliphatic rings. The second-order valence-corrected chi connectivity index (χ2v) is 6.72. The van der Waals surface area contributed by atoms with Gasteiger partial charge in [0.25, 0.3) is 0 Å². The molecule has 1 saturated heterocycles. The summed E-state index contributed by atoms with van der Waals surface area (Å²) in [7, 11) is 1.65. The molecule has 1 aromatic carbocycles. The van der Waals surface area contributed by atoms with Gasteiger partial charge in [0.1, 0.15) is 0 Å². The maximum Gasteiger partial charge on any atom is 0.319 e. The number of anilines is 2. The van der Waals surface area contributed by atoms with Crippen LogP contribution in [-0.2, 0) is 7.05 Å². The van der Waals surface area contributed by atoms with Gasteiger partial charge in [-0.3, -0.25) is 4.79 Å². The quantitative estimate of drug-likeness (QED) is 0.881. The van der Waals surface area contributed by atoms with E-state index in [0.29, 0.717) is 18.2 Å². The van der Waals surface area contributed by atoms with Crippen LogP contribution in [0.5, 0.6) is 0 Å². The number of urea groups is 1. The highest BCUT2D eigenvalue weighted by Gasteiger charge is 2.23. The number of amides is 2. The minimum atomic E-state index is -0.261. The molecule has 2 amide bonds. The lowest BCUT2D eigenvalue weighted by molar-refractivity contribution is 0.250. The van der Waals surface area contributed by atoms with Gasteiger partial charge in [0.2, 0.25) is 5.56 Å². The first-order chi connectivity index (χ1) is 12.0. The fraction of sp³-hybridized carbons (Fsp3) is 0.333. The van der Waals surface area contributed by atoms with Gasteiger partial charge in [0, 0.05) is 49.7 Å². The lowest BCUT2D eigenvalue weighted by Crippen LogP contribution is -2.34. The summed E-state index contributed by atoms with van der Waals surface area (Å²) >= 11 is 5.92. The summed E-state index contributed by atoms with van der Waals surface area (Å²) in [6, 6.07) is 10.6. The summed E-state index contributed by atoms with van der Waals surface area (Å²) in [6.45, 7) is 2.49. The maximum absolute atomic E-state index is 12.0. The van der Waals surface area contributed by atoms with Crippen LogP contribution in [0.1, 0.15) is 6.42 Å². The van der Waals surface area contributed by atoms with Crippen molar-refractivity contribution in [3.63, 3.8) is 0 Å². The van der Waals surface area contributed by atoms with E-state index in [-0.39, 0.29) is 11.6 Å². The summed E-state index contributed by atoms with van der Waals surface area (Å²) in [5.74, 6) is 0.404. The van der Waals surface area contributed by atoms with E-state index >= 15 is 0 Å². The predicted molar refractivity (Wildman–Crippen MR) is 100 cm³/mol. The Kier molecular flexibility index (Phi) is 5.28. The van der Waals surface area contributed by atoms with E-state index in [1.165, 1.54) is 10.6 Å². The van der Waals surface area contributed by atoms with Crippen LogP contribution in [-0.4, -0.2) is 30.2 Å². The summed E-state index contributed by atoms with van der Waals surface area (Å²) in [5.41, 5.74) is 1.63. The smallest absolute Gasteiger partial charge is 0.319 e. The van der Waals surface area contributed by atoms with E-state index in [9.17, 15) is 9.59 Å². The fourth-order valence-corrected chi connectivity index (χ4v) is 3.09. The molecular weight excluding hydrogens is 340 g/mol. The zero-order chi connectivity index (χ0) is 17.8. The molecule has 0 saturated carbocycles. The first-order valence-electron chi connectivity index (χ1n) is 8.23. The van der Waals surface area contributed by atoms with Gasteiger partial charge in [-0.05, 0) is 42.7 Å². The van der Waals surface area contributed by atoms with Crippen molar-refractivity contribution in [1.29, 1.82) is 0 Å². The van der Waals surface area contributed by atoms with Crippen molar-refractivity contribution in [2.24, 2.45) is 13.0 Å². The number of benzene rings is 1. The predicted octanol–water partition coefficient (Wildman–Crippen LogP) is 2.69. The highest BCUT2D eigenvalue weighted by atomic mass is 35.5. The summed E-state index contributed by atoms with van der Waals surface area (Å²) < 4.78 is 1.43. The summed E-state index contributed by atoms with van der Waals surface area (Å²) in [5, 5.41) is 6.38. The number of nitrogens with zero attached hydrogens (tertiary/aromatic N) is 2. The molecule has 2 N–H and O–H groups in total. The SMILES string of the molecule is Cn1cc(NC(=O)NCC2CCN(c3ccc(Cl)cc3)C2)ccc1=O. The van der Waals surface area contributed by atoms with Crippen molar-refractivity contribution in [3.8, 4) is 0 Å². The molecule has 6 nitrogen and oxygen atoms in total. The van der Waals surface area contributed by atoms with Gasteiger partial charge < -0.3 is 20.1 Å². The summed E-state index contributed by atoms with van der Waals surface area (Å²) in [4.78, 5) is 25.7. The molecule has 1 aromatic heterocycles. The molecular formula is C18H21ClN4O2. The van der Waals surface area contributed by atoms with E-state index < -0.39 is 0 Å². The Labute approximate surface area is 151 Å². The fourth-order valence-electron chi connectivity index (χ4n) is 2.97. The van der Waals surface area contributed by atoms with Crippen LogP contribution in [0, 0.1) is 5.92 Å². The van der Waals surface area contributed by atoms with Gasteiger partial charge >= 0.3 is 6.03 Å². The number of carbonyl (C=O) groups is 1. The number of aryl methyl sites for hydroxylation is 1. The molecule has 3 rings (SSSR count). The summed E-state index contributed by atoms with van der Waals surface area (Å²) in [6.07, 6.45) is 2.63. The monoisotopic (exact) mass is 360 g/mol. The number of hydrogen-bond donors (Lipinski definition) is 2. The topological polar surface area (TPSA) is 66.4 Å². The van der Waals surface area contributed by atoms with E-state index in [1.54, 1.807) is 19.3 Å². The Bertz CT molecular complexity index is 803. The maximum atomic E-state index is 12.0. The molecule has 0 bridgehead atoms. The van der Waals surface area contributed by atoms with E-state index in [4.69, 9.17) is 11.6 Å². The van der Waals surface area contributed by atoms with Crippen molar-refractivity contribution >= 4 is 29.0 Å². The van der Waals surface area contributed by atoms with Gasteiger partial charge in [0.15, 0.2) is 0 Å². The van der Waals surface area contributed by atoms with Crippen LogP contribution < -0.4 is 21.1 Å². The third kappa shape index (κ3) is 4.54. The van der Waals surface area contributed by atoms with Crippen molar-refractivity contribution in [2.75, 3.05) is 29.9 Å². The van der Waals surface area contributed by atoms with Crippen molar-refractivity contribution in [1.82, 2.24) is 9.88 Å². The average Bonchev–Trinajstić information content (AvgIpc) is 3.06. The molecule has 2 aromatic rings. The van der Waals surface area contributed by atoms with Gasteiger partial charge in [-0.25, -0.2) is 4.79 Å². The third-order valence-electron chi connectivity index (χ3n) is 4.37. The Morgan fingerprint density at radius 2 is 2.00 bits per heavy atom. The first-order valence-corrected chi connectivity index (χ1v) is 8.61. The number of aromatic nitrogens is 1. The molecule has 0 aliphatic carbocycles. The standard InChI is InChI=1S/C18H21ClN4O2/c1-22-12-15(4-7-17(22)24)21-18(25)20-10-13-8-9-23(11-13)16-5-2-14(19)3-6-16/h2-7,12-13H,8-11H2,1H3,(H2,20,21,25). The van der Waals surface area contributed by atoms with Crippen molar-refractivity contribution in [2.45, 2.75) is 6.42 Å². The molecule has 2 heterocycles. The minimum absolute atomic E-state index is 0.112. The number of carbonyl (C=O) groups excluding carboxylic acids is 1. The number of nitrogens with one attached hydrogen (secondary N) is 2. The molecule has 25 heavy (non-hydrogen) atoms. The number of halogens is 1. The molecule has 132 valence electrons. The lowest BCUT2D eigenvalue weighted by atomic mass is 10.1. The molecule has 7 heteroatoms. The van der Waals surface area contributed by atoms with Crippen LogP contribution in [0.15, 0.2) is 47.4 Å². The van der Waals surface area contributed by atoms with E-state index in [2.05, 4.69) is 15.5 Å². The van der Waals surface area contributed by atoms with E-state index in [0.717, 1.165) is 30.2 Å². The number of rotatable bonds is 4. The first kappa shape index (κ1) is 17.4. The van der Waals surface area contributed by atoms with Crippen LogP contribution in [0.2, 0.25) is 5.02 Å². The highest BCUT2D eigenvalue weighted by Crippen LogP contribution is 2.24. The van der Waals surface area contributed by atoms with Crippen LogP contribution >= 0.6 is 11.6 Å². The zero-order valence-electron chi connectivity index (χ0n) is 14.0. The molecule has 0 radical (unpaired) electrons. The van der Waals surface area contributed by atoms with Crippen LogP contribution in [0.25, 0.3) is 0 Å². The van der Waals surface area contributed by atoms with Crippen LogP contribution in [0.4, 0.5) is 16.2 Å². The Balaban J connectivity index is 1.47. The Hall–Kier alpha value is -2.47. The van der Waals surface area contributed by atoms with Gasteiger partial charge in [-0.1, -0.05) is 11.6 Å². The lowest BCUT2D eigenvalue weighted by Gasteiger charge is -2.19. The molecule has 0 spiro atoms. The van der Waals surface area contributed by atoms with Crippen molar-refractivity contribution < 1.29 is 4.79 Å². The molecule has 1 atom stereocenters. The van der Waals surface area contributed by atoms with Crippen molar-refractivity contribution in [3.05, 3.63) is 58.0 Å². The number of pyridine rings is 1. The highest BCUT2D eigenvalue weighted by molar-refractivity contribution is 6.30. The molecule has 1 aliphatic heterocycles. The van der Waals surface area contributed by atoms with Gasteiger partial charge in [-0.15, -0.1) is 0 Å². The number of hydrogen-bond acceptors (Lipinski definition) is 3. The average molecular weight is 361 g/mol. The Morgan fingerprint density at radius 3 is 2.72 bits per heavy atom. The minimum Gasteiger partial charge on any atom is -0.371 e. The van der Waals surface area contributed by atoms with Crippen LogP contribution in [0.3, 0.4) is 0 Å². The third-order valence-corrected chi connectivity index (χ3v) is 4.62. The molecule has 1 unspecified atom stereocenters. The normalized spacial score (nSPS) is 16.7. The van der Waals surface area contributed by atoms with Gasteiger partial charge in [0.05, 0.1) is 5.69 Å².